The van der Waals surface area contributed by atoms with E-state index in [2.05, 4.69) is 123 Å². The number of carbonyl (C=O) groups excluding carboxylic acids is 1. The topological polar surface area (TPSA) is 70.4 Å². The minimum absolute atomic E-state index is 0. The van der Waals surface area contributed by atoms with E-state index in [-0.39, 0.29) is 12.2 Å². The zero-order valence-corrected chi connectivity index (χ0v) is 31.6. The number of allylic oxidation sites excluding steroid dienone is 5. The average Bonchev–Trinajstić information content (AvgIpc) is 3.22. The van der Waals surface area contributed by atoms with E-state index in [0.717, 1.165) is 43.4 Å². The van der Waals surface area contributed by atoms with Gasteiger partial charge in [-0.2, -0.15) is 11.8 Å². The van der Waals surface area contributed by atoms with Gasteiger partial charge in [0.25, 0.3) is 0 Å². The molecule has 1 rings (SSSR count). The van der Waals surface area contributed by atoms with Gasteiger partial charge in [0.05, 0.1) is 10.7 Å². The van der Waals surface area contributed by atoms with E-state index in [9.17, 15) is 9.35 Å². The molecule has 1 heterocycles. The maximum atomic E-state index is 9.44. The van der Waals surface area contributed by atoms with Crippen molar-refractivity contribution >= 4 is 45.8 Å². The van der Waals surface area contributed by atoms with E-state index < -0.39 is 10.3 Å². The number of aryl methyl sites for hydroxylation is 1. The Morgan fingerprint density at radius 2 is 1.60 bits per heavy atom. The van der Waals surface area contributed by atoms with Crippen LogP contribution in [0.25, 0.3) is 6.08 Å². The molecule has 0 aromatic carbocycles. The Labute approximate surface area is 272 Å². The summed E-state index contributed by atoms with van der Waals surface area (Å²) in [5.41, 5.74) is 3.97. The second-order valence-corrected chi connectivity index (χ2v) is 19.8. The summed E-state index contributed by atoms with van der Waals surface area (Å²) in [4.78, 5) is 13.7. The Kier molecular flexibility index (Phi) is 29.1. The highest BCUT2D eigenvalue weighted by Crippen LogP contribution is 2.48. The first kappa shape index (κ1) is 48.1. The van der Waals surface area contributed by atoms with Crippen molar-refractivity contribution in [1.29, 1.82) is 0 Å². The largest absolute Gasteiger partial charge is 0.400 e. The fourth-order valence-electron chi connectivity index (χ4n) is 3.14. The molecule has 250 valence electrons. The predicted molar refractivity (Wildman–Crippen MR) is 201 cm³/mol. The molecule has 0 aliphatic heterocycles. The quantitative estimate of drug-likeness (QED) is 0.185. The molecule has 0 amide bonds. The summed E-state index contributed by atoms with van der Waals surface area (Å²) in [6.07, 6.45) is 19.2. The van der Waals surface area contributed by atoms with Gasteiger partial charge in [-0.15, -0.1) is 21.6 Å². The first-order valence-corrected chi connectivity index (χ1v) is 18.8. The Hall–Kier alpha value is -0.860. The molecule has 2 atom stereocenters. The minimum atomic E-state index is -1.34. The van der Waals surface area contributed by atoms with Crippen LogP contribution in [0, 0.1) is 12.8 Å². The molecule has 0 aliphatic rings. The lowest BCUT2D eigenvalue weighted by Crippen LogP contribution is -2.21. The Morgan fingerprint density at radius 1 is 1.10 bits per heavy atom. The minimum Gasteiger partial charge on any atom is -0.400 e. The van der Waals surface area contributed by atoms with Gasteiger partial charge in [0.2, 0.25) is 0 Å². The number of hydrogen-bond acceptors (Lipinski definition) is 6. The number of aliphatic hydroxyl groups excluding tert-OH is 1. The molecule has 2 unspecified atom stereocenters. The molecule has 7 heteroatoms. The molecular formula is C35H69NO3S3. The van der Waals surface area contributed by atoms with Gasteiger partial charge < -0.3 is 14.5 Å². The number of aldehydes is 1. The number of rotatable bonds is 11. The average molecular weight is 648 g/mol. The van der Waals surface area contributed by atoms with Gasteiger partial charge in [0, 0.05) is 33.7 Å². The summed E-state index contributed by atoms with van der Waals surface area (Å²) in [7, 11) is -0.340. The molecule has 2 N–H and O–H groups in total. The van der Waals surface area contributed by atoms with Crippen molar-refractivity contribution in [3.8, 4) is 0 Å². The van der Waals surface area contributed by atoms with Gasteiger partial charge in [-0.3, -0.25) is 0 Å². The summed E-state index contributed by atoms with van der Waals surface area (Å²) >= 11 is 3.80. The number of carbonyl (C=O) groups is 1. The molecule has 0 saturated carbocycles. The molecule has 0 saturated heterocycles. The molecule has 4 nitrogen and oxygen atoms in total. The molecule has 0 bridgehead atoms. The van der Waals surface area contributed by atoms with Crippen molar-refractivity contribution in [2.75, 3.05) is 19.6 Å². The third kappa shape index (κ3) is 30.6. The van der Waals surface area contributed by atoms with Gasteiger partial charge >= 0.3 is 0 Å². The van der Waals surface area contributed by atoms with Crippen LogP contribution in [0.4, 0.5) is 0 Å². The lowest BCUT2D eigenvalue weighted by Gasteiger charge is -2.38. The van der Waals surface area contributed by atoms with E-state index in [4.69, 9.17) is 5.11 Å². The van der Waals surface area contributed by atoms with Crippen LogP contribution in [0.1, 0.15) is 126 Å². The maximum absolute atomic E-state index is 9.44. The summed E-state index contributed by atoms with van der Waals surface area (Å²) in [6.45, 7) is 26.1. The van der Waals surface area contributed by atoms with E-state index in [1.807, 2.05) is 19.4 Å². The van der Waals surface area contributed by atoms with Crippen LogP contribution in [0.2, 0.25) is 0 Å². The van der Waals surface area contributed by atoms with Crippen LogP contribution in [-0.2, 0) is 4.79 Å². The molecule has 1 aromatic heterocycles. The van der Waals surface area contributed by atoms with E-state index in [0.29, 0.717) is 22.3 Å². The van der Waals surface area contributed by atoms with Crippen molar-refractivity contribution in [2.45, 2.75) is 137 Å². The van der Waals surface area contributed by atoms with Crippen LogP contribution in [-0.4, -0.2) is 55.3 Å². The summed E-state index contributed by atoms with van der Waals surface area (Å²) < 4.78 is 9.87. The monoisotopic (exact) mass is 647 g/mol. The van der Waals surface area contributed by atoms with Crippen molar-refractivity contribution in [3.63, 3.8) is 0 Å². The zero-order chi connectivity index (χ0) is 32.9. The first-order chi connectivity index (χ1) is 18.7. The van der Waals surface area contributed by atoms with Crippen molar-refractivity contribution in [3.05, 3.63) is 45.5 Å². The Balaban J connectivity index is -0.000000401. The third-order valence-corrected chi connectivity index (χ3v) is 11.0. The smallest absolute Gasteiger partial charge is 0.119 e. The molecular weight excluding hydrogens is 579 g/mol. The summed E-state index contributed by atoms with van der Waals surface area (Å²) in [5.74, 6) is 0.648. The standard InChI is InChI=1S/C24H39NS2.C6H16OS.C3H6O.CH4O.CH4/c1-18(11-9-13-19(2)15-21(4)27-24(6,7)8)12-10-14-20(3)16-23-17-26-22(5)25-23;1-6(2,3)8(4,5)7;1-2-3-4;1-2;/h9,12-13,16-17,19,21H,10-11,14-15H2,1-8H3;7H,1-5H3;3H,2H2,1H3;2H,1H3;1H4/b13-9-,18-12-,20-16+;;;;. The van der Waals surface area contributed by atoms with Crippen LogP contribution in [0.3, 0.4) is 0 Å². The van der Waals surface area contributed by atoms with Crippen LogP contribution in [0.5, 0.6) is 0 Å². The molecule has 1 aromatic rings. The Morgan fingerprint density at radius 3 is 1.98 bits per heavy atom. The van der Waals surface area contributed by atoms with Gasteiger partial charge in [-0.25, -0.2) is 4.98 Å². The van der Waals surface area contributed by atoms with Crippen molar-refractivity contribution in [2.24, 2.45) is 5.92 Å². The van der Waals surface area contributed by atoms with Crippen LogP contribution >= 0.6 is 33.4 Å². The number of aromatic nitrogens is 1. The number of thioether (sulfide) groups is 1. The number of hydrogen-bond donors (Lipinski definition) is 2. The number of aliphatic hydroxyl groups is 1. The van der Waals surface area contributed by atoms with E-state index >= 15 is 0 Å². The number of thiazole rings is 1. The van der Waals surface area contributed by atoms with Crippen molar-refractivity contribution < 1.29 is 14.5 Å². The van der Waals surface area contributed by atoms with Gasteiger partial charge in [0.15, 0.2) is 0 Å². The second-order valence-electron chi connectivity index (χ2n) is 12.7. The highest BCUT2D eigenvalue weighted by Gasteiger charge is 2.24. The fourth-order valence-corrected chi connectivity index (χ4v) is 5.32. The highest BCUT2D eigenvalue weighted by molar-refractivity contribution is 8.29. The SMILES string of the molecule is C.C/C(=C/CC/C(C)=C/c1csc(C)n1)C/C=C\C(C)CC(C)SC(C)(C)C.CC(C)(C)S(C)(C)O.CCC=O.CO. The molecule has 0 aliphatic carbocycles. The lowest BCUT2D eigenvalue weighted by atomic mass is 10.0. The fraction of sp³-hybridized carbons (Fsp3) is 0.714. The highest BCUT2D eigenvalue weighted by atomic mass is 32.3. The normalized spacial score (nSPS) is 14.2. The van der Waals surface area contributed by atoms with Crippen molar-refractivity contribution in [1.82, 2.24) is 4.98 Å². The number of nitrogens with zero attached hydrogens (tertiary/aromatic N) is 1. The van der Waals surface area contributed by atoms with E-state index in [1.54, 1.807) is 11.3 Å². The van der Waals surface area contributed by atoms with Gasteiger partial charge in [0.1, 0.15) is 6.29 Å². The Bertz CT molecular complexity index is 871. The second kappa shape index (κ2) is 25.5. The van der Waals surface area contributed by atoms with Gasteiger partial charge in [-0.05, 0) is 71.0 Å². The molecule has 0 spiro atoms. The van der Waals surface area contributed by atoms with E-state index in [1.165, 1.54) is 17.6 Å². The van der Waals surface area contributed by atoms with Crippen LogP contribution < -0.4 is 0 Å². The first-order valence-electron chi connectivity index (χ1n) is 14.6. The summed E-state index contributed by atoms with van der Waals surface area (Å²) in [6, 6.07) is 0. The van der Waals surface area contributed by atoms with Gasteiger partial charge in [-0.1, -0.05) is 99.1 Å². The predicted octanol–water partition coefficient (Wildman–Crippen LogP) is 11.6. The molecule has 0 fully saturated rings. The maximum Gasteiger partial charge on any atom is 0.119 e. The lowest BCUT2D eigenvalue weighted by molar-refractivity contribution is -0.107. The molecule has 0 radical (unpaired) electrons. The zero-order valence-electron chi connectivity index (χ0n) is 29.1. The third-order valence-electron chi connectivity index (χ3n) is 5.89. The molecule has 42 heavy (non-hydrogen) atoms. The summed E-state index contributed by atoms with van der Waals surface area (Å²) in [5, 5.41) is 11.0. The van der Waals surface area contributed by atoms with Crippen LogP contribution in [0.15, 0.2) is 34.8 Å².